The van der Waals surface area contributed by atoms with Crippen molar-refractivity contribution in [2.75, 3.05) is 6.61 Å². The monoisotopic (exact) mass is 193 g/mol. The molecule has 1 rings (SSSR count). The molecule has 2 nitrogen and oxygen atoms in total. The van der Waals surface area contributed by atoms with Gasteiger partial charge in [0.25, 0.3) is 0 Å². The van der Waals surface area contributed by atoms with E-state index in [0.717, 1.165) is 11.3 Å². The lowest BCUT2D eigenvalue weighted by Crippen LogP contribution is -2.17. The number of rotatable bonds is 4. The maximum atomic E-state index is 6.09. The third kappa shape index (κ3) is 2.48. The summed E-state index contributed by atoms with van der Waals surface area (Å²) in [6.45, 7) is 6.90. The second-order valence-electron chi connectivity index (χ2n) is 3.74. The van der Waals surface area contributed by atoms with Crippen molar-refractivity contribution >= 4 is 0 Å². The molecule has 0 aliphatic rings. The fraction of sp³-hybridized carbons (Fsp3) is 0.500. The zero-order chi connectivity index (χ0) is 10.6. The molecule has 1 aromatic carbocycles. The maximum absolute atomic E-state index is 6.09. The molecule has 0 amide bonds. The molecule has 0 saturated heterocycles. The summed E-state index contributed by atoms with van der Waals surface area (Å²) in [5.74, 6) is 1.34. The maximum Gasteiger partial charge on any atom is 0.124 e. The zero-order valence-corrected chi connectivity index (χ0v) is 9.16. The average Bonchev–Trinajstić information content (AvgIpc) is 2.18. The van der Waals surface area contributed by atoms with Crippen LogP contribution in [0.2, 0.25) is 0 Å². The molecule has 0 heterocycles. The molecule has 78 valence electrons. The van der Waals surface area contributed by atoms with Gasteiger partial charge in [0.2, 0.25) is 0 Å². The van der Waals surface area contributed by atoms with Crippen LogP contribution >= 0.6 is 0 Å². The first kappa shape index (κ1) is 11.1. The molecule has 1 aromatic rings. The Morgan fingerprint density at radius 3 is 2.50 bits per heavy atom. The normalized spacial score (nSPS) is 12.9. The van der Waals surface area contributed by atoms with Crippen molar-refractivity contribution in [3.8, 4) is 5.75 Å². The molecule has 1 unspecified atom stereocenters. The van der Waals surface area contributed by atoms with Crippen LogP contribution in [0, 0.1) is 5.92 Å². The molecule has 0 aliphatic carbocycles. The van der Waals surface area contributed by atoms with E-state index in [9.17, 15) is 0 Å². The standard InChI is InChI=1S/C12H19NO/c1-4-14-11-8-6-5-7-10(11)12(13)9(2)3/h5-9,12H,4,13H2,1-3H3. The van der Waals surface area contributed by atoms with Crippen molar-refractivity contribution in [1.29, 1.82) is 0 Å². The number of hydrogen-bond acceptors (Lipinski definition) is 2. The molecule has 1 atom stereocenters. The van der Waals surface area contributed by atoms with Crippen LogP contribution < -0.4 is 10.5 Å². The highest BCUT2D eigenvalue weighted by atomic mass is 16.5. The van der Waals surface area contributed by atoms with Crippen molar-refractivity contribution in [2.24, 2.45) is 11.7 Å². The molecule has 2 N–H and O–H groups in total. The minimum absolute atomic E-state index is 0.0535. The van der Waals surface area contributed by atoms with E-state index in [1.54, 1.807) is 0 Å². The molecule has 0 spiro atoms. The van der Waals surface area contributed by atoms with Crippen molar-refractivity contribution < 1.29 is 4.74 Å². The highest BCUT2D eigenvalue weighted by Crippen LogP contribution is 2.27. The van der Waals surface area contributed by atoms with Gasteiger partial charge in [0.15, 0.2) is 0 Å². The first-order valence-electron chi connectivity index (χ1n) is 5.14. The second-order valence-corrected chi connectivity index (χ2v) is 3.74. The van der Waals surface area contributed by atoms with Gasteiger partial charge in [-0.3, -0.25) is 0 Å². The van der Waals surface area contributed by atoms with Crippen molar-refractivity contribution in [3.05, 3.63) is 29.8 Å². The van der Waals surface area contributed by atoms with E-state index in [-0.39, 0.29) is 6.04 Å². The number of hydrogen-bond donors (Lipinski definition) is 1. The Bertz CT molecular complexity index is 283. The van der Waals surface area contributed by atoms with Crippen LogP contribution in [0.4, 0.5) is 0 Å². The summed E-state index contributed by atoms with van der Waals surface area (Å²) in [6.07, 6.45) is 0. The second kappa shape index (κ2) is 5.01. The molecule has 14 heavy (non-hydrogen) atoms. The number of para-hydroxylation sites is 1. The average molecular weight is 193 g/mol. The number of benzene rings is 1. The van der Waals surface area contributed by atoms with E-state index in [4.69, 9.17) is 10.5 Å². The van der Waals surface area contributed by atoms with Crippen LogP contribution in [0.15, 0.2) is 24.3 Å². The van der Waals surface area contributed by atoms with E-state index in [1.165, 1.54) is 0 Å². The topological polar surface area (TPSA) is 35.2 Å². The lowest BCUT2D eigenvalue weighted by molar-refractivity contribution is 0.330. The molecular weight excluding hydrogens is 174 g/mol. The first-order valence-corrected chi connectivity index (χ1v) is 5.14. The van der Waals surface area contributed by atoms with E-state index < -0.39 is 0 Å². The summed E-state index contributed by atoms with van der Waals surface area (Å²) in [7, 11) is 0. The Morgan fingerprint density at radius 1 is 1.29 bits per heavy atom. The molecular formula is C12H19NO. The minimum atomic E-state index is 0.0535. The summed E-state index contributed by atoms with van der Waals surface area (Å²) in [6, 6.07) is 8.04. The predicted molar refractivity (Wildman–Crippen MR) is 59.4 cm³/mol. The minimum Gasteiger partial charge on any atom is -0.494 e. The van der Waals surface area contributed by atoms with Gasteiger partial charge in [-0.1, -0.05) is 32.0 Å². The van der Waals surface area contributed by atoms with Gasteiger partial charge < -0.3 is 10.5 Å². The molecule has 0 bridgehead atoms. The first-order chi connectivity index (χ1) is 6.66. The Kier molecular flexibility index (Phi) is 3.96. The Labute approximate surface area is 86.1 Å². The van der Waals surface area contributed by atoms with E-state index in [1.807, 2.05) is 31.2 Å². The van der Waals surface area contributed by atoms with Gasteiger partial charge in [-0.25, -0.2) is 0 Å². The molecule has 0 saturated carbocycles. The SMILES string of the molecule is CCOc1ccccc1C(N)C(C)C. The Balaban J connectivity index is 2.94. The number of ether oxygens (including phenoxy) is 1. The summed E-state index contributed by atoms with van der Waals surface area (Å²) >= 11 is 0. The van der Waals surface area contributed by atoms with Gasteiger partial charge in [-0.15, -0.1) is 0 Å². The molecule has 0 aliphatic heterocycles. The van der Waals surface area contributed by atoms with Crippen LogP contribution in [0.5, 0.6) is 5.75 Å². The fourth-order valence-electron chi connectivity index (χ4n) is 1.40. The summed E-state index contributed by atoms with van der Waals surface area (Å²) < 4.78 is 5.53. The van der Waals surface area contributed by atoms with Crippen molar-refractivity contribution in [2.45, 2.75) is 26.8 Å². The summed E-state index contributed by atoms with van der Waals surface area (Å²) in [5, 5.41) is 0. The van der Waals surface area contributed by atoms with Crippen LogP contribution in [-0.2, 0) is 0 Å². The lowest BCUT2D eigenvalue weighted by atomic mass is 9.96. The van der Waals surface area contributed by atoms with Gasteiger partial charge in [0.05, 0.1) is 6.61 Å². The quantitative estimate of drug-likeness (QED) is 0.798. The summed E-state index contributed by atoms with van der Waals surface area (Å²) in [4.78, 5) is 0. The third-order valence-electron chi connectivity index (χ3n) is 2.30. The molecule has 0 radical (unpaired) electrons. The van der Waals surface area contributed by atoms with E-state index in [2.05, 4.69) is 13.8 Å². The van der Waals surface area contributed by atoms with E-state index in [0.29, 0.717) is 12.5 Å². The largest absolute Gasteiger partial charge is 0.494 e. The zero-order valence-electron chi connectivity index (χ0n) is 9.16. The van der Waals surface area contributed by atoms with Gasteiger partial charge in [-0.05, 0) is 18.9 Å². The molecule has 0 aromatic heterocycles. The lowest BCUT2D eigenvalue weighted by Gasteiger charge is -2.19. The van der Waals surface area contributed by atoms with Gasteiger partial charge >= 0.3 is 0 Å². The highest BCUT2D eigenvalue weighted by Gasteiger charge is 2.14. The van der Waals surface area contributed by atoms with Crippen molar-refractivity contribution in [1.82, 2.24) is 0 Å². The predicted octanol–water partition coefficient (Wildman–Crippen LogP) is 2.74. The highest BCUT2D eigenvalue weighted by molar-refractivity contribution is 5.35. The smallest absolute Gasteiger partial charge is 0.124 e. The summed E-state index contributed by atoms with van der Waals surface area (Å²) in [5.41, 5.74) is 7.19. The molecule has 0 fully saturated rings. The van der Waals surface area contributed by atoms with Gasteiger partial charge in [0, 0.05) is 11.6 Å². The fourth-order valence-corrected chi connectivity index (χ4v) is 1.40. The van der Waals surface area contributed by atoms with Crippen LogP contribution in [0.3, 0.4) is 0 Å². The Morgan fingerprint density at radius 2 is 1.93 bits per heavy atom. The van der Waals surface area contributed by atoms with E-state index >= 15 is 0 Å². The van der Waals surface area contributed by atoms with Gasteiger partial charge in [0.1, 0.15) is 5.75 Å². The van der Waals surface area contributed by atoms with Crippen LogP contribution in [0.1, 0.15) is 32.4 Å². The van der Waals surface area contributed by atoms with Gasteiger partial charge in [-0.2, -0.15) is 0 Å². The van der Waals surface area contributed by atoms with Crippen LogP contribution in [-0.4, -0.2) is 6.61 Å². The van der Waals surface area contributed by atoms with Crippen LogP contribution in [0.25, 0.3) is 0 Å². The molecule has 2 heteroatoms. The number of nitrogens with two attached hydrogens (primary N) is 1. The van der Waals surface area contributed by atoms with Crippen molar-refractivity contribution in [3.63, 3.8) is 0 Å². The Hall–Kier alpha value is -1.02. The third-order valence-corrected chi connectivity index (χ3v) is 2.30.